The van der Waals surface area contributed by atoms with Crippen LogP contribution >= 0.6 is 0 Å². The van der Waals surface area contributed by atoms with E-state index in [1.54, 1.807) is 0 Å². The van der Waals surface area contributed by atoms with Gasteiger partial charge in [-0.25, -0.2) is 13.6 Å². The summed E-state index contributed by atoms with van der Waals surface area (Å²) in [6.07, 6.45) is 0.255. The van der Waals surface area contributed by atoms with Crippen molar-refractivity contribution in [2.45, 2.75) is 18.4 Å². The number of amides is 1. The summed E-state index contributed by atoms with van der Waals surface area (Å²) in [4.78, 5) is 12.2. The van der Waals surface area contributed by atoms with Gasteiger partial charge in [-0.3, -0.25) is 0 Å². The first-order valence-electron chi connectivity index (χ1n) is 9.22. The van der Waals surface area contributed by atoms with Crippen LogP contribution in [0.5, 0.6) is 0 Å². The standard InChI is InChI=1S/C21H22F2N2O2/c22-17-7-4-8-18(23)19(17)21(15-9-10-24-11-16(15)21)13-25-20(26)27-12-14-5-2-1-3-6-14/h1-8,15-16,24H,9-13H2,(H,25,26)/t15-,16+,21+/m1/s1. The van der Waals surface area contributed by atoms with Crippen molar-refractivity contribution in [3.63, 3.8) is 0 Å². The van der Waals surface area contributed by atoms with Crippen molar-refractivity contribution >= 4 is 6.09 Å². The van der Waals surface area contributed by atoms with Gasteiger partial charge in [-0.15, -0.1) is 0 Å². The van der Waals surface area contributed by atoms with E-state index in [1.807, 2.05) is 30.3 Å². The van der Waals surface area contributed by atoms with Gasteiger partial charge in [-0.05, 0) is 49.0 Å². The monoisotopic (exact) mass is 372 g/mol. The van der Waals surface area contributed by atoms with Crippen molar-refractivity contribution in [2.75, 3.05) is 19.6 Å². The summed E-state index contributed by atoms with van der Waals surface area (Å²) >= 11 is 0. The number of hydrogen-bond acceptors (Lipinski definition) is 3. The molecule has 6 heteroatoms. The number of nitrogens with one attached hydrogen (secondary N) is 2. The Balaban J connectivity index is 1.48. The molecule has 2 fully saturated rings. The molecule has 2 N–H and O–H groups in total. The normalized spacial score (nSPS) is 26.1. The minimum atomic E-state index is -0.718. The largest absolute Gasteiger partial charge is 0.445 e. The minimum Gasteiger partial charge on any atom is -0.445 e. The molecular formula is C21H22F2N2O2. The summed E-state index contributed by atoms with van der Waals surface area (Å²) in [6.45, 7) is 1.83. The fourth-order valence-electron chi connectivity index (χ4n) is 4.56. The third-order valence-corrected chi connectivity index (χ3v) is 5.86. The maximum absolute atomic E-state index is 14.5. The molecule has 4 nitrogen and oxygen atoms in total. The van der Waals surface area contributed by atoms with Crippen LogP contribution in [-0.4, -0.2) is 25.7 Å². The highest BCUT2D eigenvalue weighted by Gasteiger charge is 2.67. The summed E-state index contributed by atoms with van der Waals surface area (Å²) in [5.41, 5.74) is 0.254. The second-order valence-corrected chi connectivity index (χ2v) is 7.26. The van der Waals surface area contributed by atoms with Crippen LogP contribution in [0.1, 0.15) is 17.5 Å². The Hall–Kier alpha value is -2.47. The third kappa shape index (κ3) is 3.30. The number of fused-ring (bicyclic) bond motifs is 1. The molecule has 0 aromatic heterocycles. The molecule has 1 heterocycles. The van der Waals surface area contributed by atoms with Gasteiger partial charge in [-0.2, -0.15) is 0 Å². The Morgan fingerprint density at radius 1 is 1.11 bits per heavy atom. The Morgan fingerprint density at radius 3 is 2.52 bits per heavy atom. The van der Waals surface area contributed by atoms with Crippen molar-refractivity contribution in [2.24, 2.45) is 11.8 Å². The number of halogens is 2. The quantitative estimate of drug-likeness (QED) is 0.846. The molecule has 4 rings (SSSR count). The summed E-state index contributed by atoms with van der Waals surface area (Å²) in [7, 11) is 0. The Kier molecular flexibility index (Phi) is 4.83. The van der Waals surface area contributed by atoms with Gasteiger partial charge in [0.25, 0.3) is 0 Å². The molecule has 0 radical (unpaired) electrons. The molecule has 2 aromatic carbocycles. The lowest BCUT2D eigenvalue weighted by molar-refractivity contribution is 0.138. The zero-order chi connectivity index (χ0) is 18.9. The number of carbonyl (C=O) groups is 1. The third-order valence-electron chi connectivity index (χ3n) is 5.86. The van der Waals surface area contributed by atoms with Crippen LogP contribution in [-0.2, 0) is 16.8 Å². The van der Waals surface area contributed by atoms with Gasteiger partial charge in [0.1, 0.15) is 18.2 Å². The number of benzene rings is 2. The number of rotatable bonds is 5. The van der Waals surface area contributed by atoms with Crippen molar-refractivity contribution in [1.29, 1.82) is 0 Å². The van der Waals surface area contributed by atoms with Crippen LogP contribution < -0.4 is 10.6 Å². The SMILES string of the molecule is O=C(NC[C@]1(c2c(F)cccc2F)[C@@H]2CCNC[C@@H]21)OCc1ccccc1. The van der Waals surface area contributed by atoms with E-state index in [0.29, 0.717) is 6.54 Å². The molecule has 0 unspecified atom stereocenters. The Bertz CT molecular complexity index is 796. The lowest BCUT2D eigenvalue weighted by Gasteiger charge is -2.21. The van der Waals surface area contributed by atoms with Crippen LogP contribution in [0.3, 0.4) is 0 Å². The molecule has 142 valence electrons. The van der Waals surface area contributed by atoms with Gasteiger partial charge in [-0.1, -0.05) is 36.4 Å². The lowest BCUT2D eigenvalue weighted by Crippen LogP contribution is -2.36. The Labute approximate surface area is 156 Å². The van der Waals surface area contributed by atoms with Crippen molar-refractivity contribution in [3.8, 4) is 0 Å². The van der Waals surface area contributed by atoms with Gasteiger partial charge >= 0.3 is 6.09 Å². The highest BCUT2D eigenvalue weighted by atomic mass is 19.1. The highest BCUT2D eigenvalue weighted by Crippen LogP contribution is 2.63. The second kappa shape index (κ2) is 7.27. The van der Waals surface area contributed by atoms with Crippen molar-refractivity contribution < 1.29 is 18.3 Å². The fraction of sp³-hybridized carbons (Fsp3) is 0.381. The van der Waals surface area contributed by atoms with E-state index in [4.69, 9.17) is 4.74 Å². The van der Waals surface area contributed by atoms with E-state index >= 15 is 0 Å². The van der Waals surface area contributed by atoms with Gasteiger partial charge in [0, 0.05) is 17.5 Å². The predicted molar refractivity (Wildman–Crippen MR) is 97.1 cm³/mol. The Morgan fingerprint density at radius 2 is 1.85 bits per heavy atom. The molecule has 1 amide bonds. The molecule has 1 aliphatic carbocycles. The average Bonchev–Trinajstić information content (AvgIpc) is 3.34. The number of ether oxygens (including phenoxy) is 1. The molecule has 1 saturated heterocycles. The first kappa shape index (κ1) is 17.9. The molecule has 0 bridgehead atoms. The van der Waals surface area contributed by atoms with Gasteiger partial charge in [0.2, 0.25) is 0 Å². The molecular weight excluding hydrogens is 350 g/mol. The summed E-state index contributed by atoms with van der Waals surface area (Å²) in [6, 6.07) is 13.3. The zero-order valence-electron chi connectivity index (χ0n) is 14.9. The van der Waals surface area contributed by atoms with Crippen LogP contribution in [0.25, 0.3) is 0 Å². The zero-order valence-corrected chi connectivity index (χ0v) is 14.9. The van der Waals surface area contributed by atoms with Gasteiger partial charge in [0.15, 0.2) is 0 Å². The molecule has 27 heavy (non-hydrogen) atoms. The van der Waals surface area contributed by atoms with E-state index < -0.39 is 23.1 Å². The molecule has 3 atom stereocenters. The number of alkyl carbamates (subject to hydrolysis) is 1. The van der Waals surface area contributed by atoms with Crippen LogP contribution in [0, 0.1) is 23.5 Å². The lowest BCUT2D eigenvalue weighted by atomic mass is 9.90. The summed E-state index contributed by atoms with van der Waals surface area (Å²) < 4.78 is 34.3. The van der Waals surface area contributed by atoms with Gasteiger partial charge in [0.05, 0.1) is 0 Å². The van der Waals surface area contributed by atoms with E-state index in [0.717, 1.165) is 18.5 Å². The van der Waals surface area contributed by atoms with Crippen molar-refractivity contribution in [3.05, 3.63) is 71.3 Å². The van der Waals surface area contributed by atoms with E-state index in [2.05, 4.69) is 10.6 Å². The predicted octanol–water partition coefficient (Wildman–Crippen LogP) is 3.37. The number of carbonyl (C=O) groups excluding carboxylic acids is 1. The van der Waals surface area contributed by atoms with E-state index in [1.165, 1.54) is 18.2 Å². The first-order valence-corrected chi connectivity index (χ1v) is 9.22. The van der Waals surface area contributed by atoms with Crippen molar-refractivity contribution in [1.82, 2.24) is 10.6 Å². The maximum Gasteiger partial charge on any atom is 0.407 e. The molecule has 0 spiro atoms. The summed E-state index contributed by atoms with van der Waals surface area (Å²) in [5.74, 6) is -0.848. The van der Waals surface area contributed by atoms with Crippen LogP contribution in [0.4, 0.5) is 13.6 Å². The second-order valence-electron chi connectivity index (χ2n) is 7.26. The van der Waals surface area contributed by atoms with Crippen LogP contribution in [0.2, 0.25) is 0 Å². The van der Waals surface area contributed by atoms with Crippen LogP contribution in [0.15, 0.2) is 48.5 Å². The minimum absolute atomic E-state index is 0.0899. The molecule has 1 saturated carbocycles. The maximum atomic E-state index is 14.5. The van der Waals surface area contributed by atoms with E-state index in [9.17, 15) is 13.6 Å². The first-order chi connectivity index (χ1) is 13.1. The average molecular weight is 372 g/mol. The van der Waals surface area contributed by atoms with Gasteiger partial charge < -0.3 is 15.4 Å². The molecule has 2 aliphatic rings. The summed E-state index contributed by atoms with van der Waals surface area (Å²) in [5, 5.41) is 6.03. The smallest absolute Gasteiger partial charge is 0.407 e. The molecule has 1 aliphatic heterocycles. The topological polar surface area (TPSA) is 50.4 Å². The molecule has 2 aromatic rings. The highest BCUT2D eigenvalue weighted by molar-refractivity contribution is 5.67. The number of piperidine rings is 1. The fourth-order valence-corrected chi connectivity index (χ4v) is 4.56. The van der Waals surface area contributed by atoms with E-state index in [-0.39, 0.29) is 30.6 Å². The number of hydrogen-bond donors (Lipinski definition) is 2.